The number of nitrogens with zero attached hydrogens (tertiary/aromatic N) is 1. The molecule has 2 rings (SSSR count). The van der Waals surface area contributed by atoms with Crippen LogP contribution in [-0.4, -0.2) is 4.98 Å². The van der Waals surface area contributed by atoms with Gasteiger partial charge in [0.25, 0.3) is 0 Å². The molecule has 0 fully saturated rings. The first-order valence-corrected chi connectivity index (χ1v) is 8.49. The Balaban J connectivity index is 1.90. The van der Waals surface area contributed by atoms with Crippen molar-refractivity contribution < 1.29 is 0 Å². The van der Waals surface area contributed by atoms with Crippen LogP contribution in [0.1, 0.15) is 57.4 Å². The highest BCUT2D eigenvalue weighted by atomic mass is 32.1. The third kappa shape index (κ3) is 4.31. The van der Waals surface area contributed by atoms with E-state index < -0.39 is 0 Å². The Labute approximate surface area is 121 Å². The number of benzene rings is 1. The Morgan fingerprint density at radius 2 is 1.95 bits per heavy atom. The Bertz CT molecular complexity index is 456. The Morgan fingerprint density at radius 3 is 2.68 bits per heavy atom. The number of para-hydroxylation sites is 1. The molecule has 0 aliphatic rings. The lowest BCUT2D eigenvalue weighted by Crippen LogP contribution is -2.03. The van der Waals surface area contributed by atoms with Gasteiger partial charge in [-0.3, -0.25) is 0 Å². The van der Waals surface area contributed by atoms with Crippen LogP contribution >= 0.6 is 11.3 Å². The largest absolute Gasteiger partial charge is 0.241 e. The number of hydrogen-bond donors (Lipinski definition) is 0. The van der Waals surface area contributed by atoms with Gasteiger partial charge in [-0.15, -0.1) is 11.3 Å². The summed E-state index contributed by atoms with van der Waals surface area (Å²) in [5.74, 6) is 0.817. The standard InChI is InChI=1S/C17H25NS/c1-3-5-6-7-10-14(4-2)13-17-18-15-11-8-9-12-16(15)19-17/h8-9,11-12,14H,3-7,10,13H2,1-2H3. The van der Waals surface area contributed by atoms with Gasteiger partial charge in [-0.05, 0) is 18.1 Å². The molecule has 1 unspecified atom stereocenters. The lowest BCUT2D eigenvalue weighted by atomic mass is 9.95. The molecular formula is C17H25NS. The molecule has 0 radical (unpaired) electrons. The molecule has 0 saturated carbocycles. The van der Waals surface area contributed by atoms with Gasteiger partial charge in [0.05, 0.1) is 15.2 Å². The molecule has 1 atom stereocenters. The molecule has 1 aromatic carbocycles. The lowest BCUT2D eigenvalue weighted by molar-refractivity contribution is 0.439. The fourth-order valence-electron chi connectivity index (χ4n) is 2.56. The number of fused-ring (bicyclic) bond motifs is 1. The molecule has 0 N–H and O–H groups in total. The number of aromatic nitrogens is 1. The molecule has 1 aromatic heterocycles. The molecule has 1 heterocycles. The lowest BCUT2D eigenvalue weighted by Gasteiger charge is -2.12. The number of unbranched alkanes of at least 4 members (excludes halogenated alkanes) is 3. The summed E-state index contributed by atoms with van der Waals surface area (Å²) in [5, 5.41) is 1.32. The van der Waals surface area contributed by atoms with E-state index in [0.717, 1.165) is 5.92 Å². The summed E-state index contributed by atoms with van der Waals surface area (Å²) in [4.78, 5) is 4.76. The predicted octanol–water partition coefficient (Wildman–Crippen LogP) is 5.84. The topological polar surface area (TPSA) is 12.9 Å². The molecule has 0 spiro atoms. The van der Waals surface area contributed by atoms with Gasteiger partial charge in [-0.2, -0.15) is 0 Å². The van der Waals surface area contributed by atoms with Crippen molar-refractivity contribution in [2.45, 2.75) is 58.8 Å². The smallest absolute Gasteiger partial charge is 0.0941 e. The molecule has 2 heteroatoms. The van der Waals surface area contributed by atoms with E-state index in [4.69, 9.17) is 4.98 Å². The molecule has 2 aromatic rings. The summed E-state index contributed by atoms with van der Waals surface area (Å²) in [6.07, 6.45) is 9.31. The first-order valence-electron chi connectivity index (χ1n) is 7.68. The summed E-state index contributed by atoms with van der Waals surface area (Å²) in [7, 11) is 0. The minimum absolute atomic E-state index is 0.817. The Kier molecular flexibility index (Phi) is 5.84. The average Bonchev–Trinajstić information content (AvgIpc) is 2.84. The maximum absolute atomic E-state index is 4.76. The summed E-state index contributed by atoms with van der Waals surface area (Å²) in [6.45, 7) is 4.59. The number of rotatable bonds is 8. The number of thiazole rings is 1. The highest BCUT2D eigenvalue weighted by molar-refractivity contribution is 7.18. The first-order chi connectivity index (χ1) is 9.33. The predicted molar refractivity (Wildman–Crippen MR) is 85.9 cm³/mol. The van der Waals surface area contributed by atoms with Crippen LogP contribution in [0.3, 0.4) is 0 Å². The van der Waals surface area contributed by atoms with Crippen molar-refractivity contribution in [3.05, 3.63) is 29.3 Å². The van der Waals surface area contributed by atoms with Crippen molar-refractivity contribution in [1.29, 1.82) is 0 Å². The van der Waals surface area contributed by atoms with Crippen molar-refractivity contribution in [2.75, 3.05) is 0 Å². The van der Waals surface area contributed by atoms with Crippen LogP contribution in [0.15, 0.2) is 24.3 Å². The van der Waals surface area contributed by atoms with Crippen molar-refractivity contribution >= 4 is 21.6 Å². The molecule has 0 amide bonds. The van der Waals surface area contributed by atoms with E-state index in [2.05, 4.69) is 38.1 Å². The molecular weight excluding hydrogens is 250 g/mol. The van der Waals surface area contributed by atoms with E-state index in [0.29, 0.717) is 0 Å². The van der Waals surface area contributed by atoms with Crippen LogP contribution in [0.5, 0.6) is 0 Å². The quantitative estimate of drug-likeness (QED) is 0.552. The van der Waals surface area contributed by atoms with E-state index in [-0.39, 0.29) is 0 Å². The normalized spacial score (nSPS) is 12.9. The molecule has 0 aliphatic heterocycles. The van der Waals surface area contributed by atoms with E-state index in [1.165, 1.54) is 60.2 Å². The molecule has 104 valence electrons. The van der Waals surface area contributed by atoms with Gasteiger partial charge >= 0.3 is 0 Å². The van der Waals surface area contributed by atoms with Crippen LogP contribution < -0.4 is 0 Å². The van der Waals surface area contributed by atoms with Gasteiger partial charge < -0.3 is 0 Å². The summed E-state index contributed by atoms with van der Waals surface area (Å²) in [6, 6.07) is 8.48. The summed E-state index contributed by atoms with van der Waals surface area (Å²) >= 11 is 1.87. The summed E-state index contributed by atoms with van der Waals surface area (Å²) < 4.78 is 1.33. The zero-order chi connectivity index (χ0) is 13.5. The third-order valence-corrected chi connectivity index (χ3v) is 4.90. The van der Waals surface area contributed by atoms with Gasteiger partial charge in [0.1, 0.15) is 0 Å². The van der Waals surface area contributed by atoms with Crippen LogP contribution in [0.25, 0.3) is 10.2 Å². The van der Waals surface area contributed by atoms with Crippen LogP contribution in [0.4, 0.5) is 0 Å². The SMILES string of the molecule is CCCCCCC(CC)Cc1nc2ccccc2s1. The van der Waals surface area contributed by atoms with Gasteiger partial charge in [-0.25, -0.2) is 4.98 Å². The second-order valence-electron chi connectivity index (χ2n) is 5.40. The zero-order valence-corrected chi connectivity index (χ0v) is 13.0. The van der Waals surface area contributed by atoms with E-state index >= 15 is 0 Å². The fourth-order valence-corrected chi connectivity index (χ4v) is 3.65. The minimum atomic E-state index is 0.817. The maximum Gasteiger partial charge on any atom is 0.0941 e. The Morgan fingerprint density at radius 1 is 1.11 bits per heavy atom. The van der Waals surface area contributed by atoms with Gasteiger partial charge in [0, 0.05) is 6.42 Å². The second-order valence-corrected chi connectivity index (χ2v) is 6.52. The molecule has 0 bridgehead atoms. The first kappa shape index (κ1) is 14.5. The Hall–Kier alpha value is -0.890. The van der Waals surface area contributed by atoms with E-state index in [1.54, 1.807) is 0 Å². The number of hydrogen-bond acceptors (Lipinski definition) is 2. The minimum Gasteiger partial charge on any atom is -0.241 e. The molecule has 1 nitrogen and oxygen atoms in total. The summed E-state index contributed by atoms with van der Waals surface area (Å²) in [5.41, 5.74) is 1.17. The van der Waals surface area contributed by atoms with Crippen LogP contribution in [0.2, 0.25) is 0 Å². The monoisotopic (exact) mass is 275 g/mol. The fraction of sp³-hybridized carbons (Fsp3) is 0.588. The van der Waals surface area contributed by atoms with Crippen molar-refractivity contribution in [3.8, 4) is 0 Å². The van der Waals surface area contributed by atoms with Crippen molar-refractivity contribution in [2.24, 2.45) is 5.92 Å². The average molecular weight is 275 g/mol. The highest BCUT2D eigenvalue weighted by Gasteiger charge is 2.11. The van der Waals surface area contributed by atoms with E-state index in [9.17, 15) is 0 Å². The van der Waals surface area contributed by atoms with Crippen molar-refractivity contribution in [1.82, 2.24) is 4.98 Å². The highest BCUT2D eigenvalue weighted by Crippen LogP contribution is 2.26. The zero-order valence-electron chi connectivity index (χ0n) is 12.2. The molecule has 0 aliphatic carbocycles. The maximum atomic E-state index is 4.76. The molecule has 0 saturated heterocycles. The van der Waals surface area contributed by atoms with Crippen LogP contribution in [-0.2, 0) is 6.42 Å². The van der Waals surface area contributed by atoms with Gasteiger partial charge in [-0.1, -0.05) is 64.5 Å². The third-order valence-electron chi connectivity index (χ3n) is 3.84. The van der Waals surface area contributed by atoms with Crippen LogP contribution in [0, 0.1) is 5.92 Å². The van der Waals surface area contributed by atoms with Gasteiger partial charge in [0.2, 0.25) is 0 Å². The van der Waals surface area contributed by atoms with Crippen molar-refractivity contribution in [3.63, 3.8) is 0 Å². The molecule has 19 heavy (non-hydrogen) atoms. The van der Waals surface area contributed by atoms with Gasteiger partial charge in [0.15, 0.2) is 0 Å². The van der Waals surface area contributed by atoms with E-state index in [1.807, 2.05) is 11.3 Å². The second kappa shape index (κ2) is 7.64.